The van der Waals surface area contributed by atoms with Crippen molar-refractivity contribution < 1.29 is 4.79 Å². The number of hydrogen-bond donors (Lipinski definition) is 1. The van der Waals surface area contributed by atoms with Gasteiger partial charge >= 0.3 is 0 Å². The van der Waals surface area contributed by atoms with Crippen LogP contribution in [0.1, 0.15) is 12.5 Å². The van der Waals surface area contributed by atoms with E-state index in [-0.39, 0.29) is 11.9 Å². The molecule has 3 aromatic rings. The molecule has 1 N–H and O–H groups in total. The molecular formula is C20H18N2O. The van der Waals surface area contributed by atoms with Crippen LogP contribution in [0.25, 0.3) is 10.8 Å². The van der Waals surface area contributed by atoms with E-state index in [1.54, 1.807) is 0 Å². The van der Waals surface area contributed by atoms with Gasteiger partial charge in [0.1, 0.15) is 6.04 Å². The van der Waals surface area contributed by atoms with Crippen LogP contribution in [-0.2, 0) is 11.3 Å². The van der Waals surface area contributed by atoms with Gasteiger partial charge in [0, 0.05) is 0 Å². The molecule has 1 unspecified atom stereocenters. The molecule has 1 heterocycles. The standard InChI is InChI=1S/C20H18N2O/c1-14-20(23)22(19-12-5-4-11-18(19)21-14)13-16-9-6-8-15-7-2-3-10-17(15)16/h2-12,14,21H,13H2,1H3. The van der Waals surface area contributed by atoms with Crippen LogP contribution in [-0.4, -0.2) is 11.9 Å². The molecule has 0 fully saturated rings. The van der Waals surface area contributed by atoms with Crippen molar-refractivity contribution in [1.82, 2.24) is 0 Å². The second-order valence-electron chi connectivity index (χ2n) is 5.95. The third-order valence-electron chi connectivity index (χ3n) is 4.41. The summed E-state index contributed by atoms with van der Waals surface area (Å²) in [4.78, 5) is 14.6. The summed E-state index contributed by atoms with van der Waals surface area (Å²) in [6.45, 7) is 2.50. The van der Waals surface area contributed by atoms with Gasteiger partial charge in [-0.05, 0) is 35.4 Å². The lowest BCUT2D eigenvalue weighted by atomic mass is 10.0. The van der Waals surface area contributed by atoms with Crippen LogP contribution in [0, 0.1) is 0 Å². The molecule has 3 nitrogen and oxygen atoms in total. The fourth-order valence-corrected chi connectivity index (χ4v) is 3.24. The quantitative estimate of drug-likeness (QED) is 0.770. The minimum absolute atomic E-state index is 0.108. The molecule has 1 aliphatic heterocycles. The van der Waals surface area contributed by atoms with Gasteiger partial charge < -0.3 is 10.2 Å². The predicted octanol–water partition coefficient (Wildman–Crippen LogP) is 4.19. The Morgan fingerprint density at radius 2 is 1.70 bits per heavy atom. The fraction of sp³-hybridized carbons (Fsp3) is 0.150. The van der Waals surface area contributed by atoms with Gasteiger partial charge in [-0.3, -0.25) is 4.79 Å². The molecule has 0 spiro atoms. The molecule has 0 saturated carbocycles. The Bertz CT molecular complexity index is 882. The molecule has 1 atom stereocenters. The zero-order chi connectivity index (χ0) is 15.8. The first-order valence-corrected chi connectivity index (χ1v) is 7.87. The van der Waals surface area contributed by atoms with Gasteiger partial charge in [-0.1, -0.05) is 54.6 Å². The number of fused-ring (bicyclic) bond motifs is 2. The Labute approximate surface area is 135 Å². The van der Waals surface area contributed by atoms with E-state index in [9.17, 15) is 4.79 Å². The largest absolute Gasteiger partial charge is 0.372 e. The van der Waals surface area contributed by atoms with Gasteiger partial charge in [0.05, 0.1) is 17.9 Å². The number of amides is 1. The lowest BCUT2D eigenvalue weighted by Gasteiger charge is -2.34. The molecule has 0 bridgehead atoms. The number of nitrogens with one attached hydrogen (secondary N) is 1. The number of nitrogens with zero attached hydrogens (tertiary/aromatic N) is 1. The van der Waals surface area contributed by atoms with Crippen LogP contribution < -0.4 is 10.2 Å². The number of rotatable bonds is 2. The third kappa shape index (κ3) is 2.34. The van der Waals surface area contributed by atoms with Crippen LogP contribution in [0.2, 0.25) is 0 Å². The first-order chi connectivity index (χ1) is 11.2. The highest BCUT2D eigenvalue weighted by Gasteiger charge is 2.29. The Hall–Kier alpha value is -2.81. The predicted molar refractivity (Wildman–Crippen MR) is 94.7 cm³/mol. The smallest absolute Gasteiger partial charge is 0.249 e. The molecule has 1 amide bonds. The highest BCUT2D eigenvalue weighted by molar-refractivity contribution is 6.05. The number of para-hydroxylation sites is 2. The summed E-state index contributed by atoms with van der Waals surface area (Å²) in [5, 5.41) is 5.67. The maximum absolute atomic E-state index is 12.7. The van der Waals surface area contributed by atoms with Crippen LogP contribution in [0.15, 0.2) is 66.7 Å². The van der Waals surface area contributed by atoms with Crippen LogP contribution >= 0.6 is 0 Å². The van der Waals surface area contributed by atoms with Gasteiger partial charge in [-0.25, -0.2) is 0 Å². The van der Waals surface area contributed by atoms with Crippen LogP contribution in [0.4, 0.5) is 11.4 Å². The molecule has 3 aromatic carbocycles. The van der Waals surface area contributed by atoms with E-state index >= 15 is 0 Å². The Morgan fingerprint density at radius 3 is 2.61 bits per heavy atom. The van der Waals surface area contributed by atoms with Crippen molar-refractivity contribution >= 4 is 28.1 Å². The average Bonchev–Trinajstić information content (AvgIpc) is 2.59. The third-order valence-corrected chi connectivity index (χ3v) is 4.41. The van der Waals surface area contributed by atoms with Crippen molar-refractivity contribution in [2.45, 2.75) is 19.5 Å². The van der Waals surface area contributed by atoms with Gasteiger partial charge in [0.25, 0.3) is 0 Å². The normalized spacial score (nSPS) is 17.0. The number of carbonyl (C=O) groups is 1. The van der Waals surface area contributed by atoms with E-state index in [2.05, 4.69) is 35.6 Å². The topological polar surface area (TPSA) is 32.3 Å². The van der Waals surface area contributed by atoms with Crippen molar-refractivity contribution in [3.05, 3.63) is 72.3 Å². The second kappa shape index (κ2) is 5.43. The van der Waals surface area contributed by atoms with Gasteiger partial charge in [0.15, 0.2) is 0 Å². The van der Waals surface area contributed by atoms with Crippen LogP contribution in [0.3, 0.4) is 0 Å². The van der Waals surface area contributed by atoms with Gasteiger partial charge in [-0.2, -0.15) is 0 Å². The number of carbonyl (C=O) groups excluding carboxylic acids is 1. The Morgan fingerprint density at radius 1 is 0.957 bits per heavy atom. The number of anilines is 2. The molecule has 0 saturated heterocycles. The molecule has 114 valence electrons. The second-order valence-corrected chi connectivity index (χ2v) is 5.95. The molecule has 1 aliphatic rings. The van der Waals surface area contributed by atoms with Crippen LogP contribution in [0.5, 0.6) is 0 Å². The first-order valence-electron chi connectivity index (χ1n) is 7.87. The summed E-state index contributed by atoms with van der Waals surface area (Å²) in [5.41, 5.74) is 3.13. The summed E-state index contributed by atoms with van der Waals surface area (Å²) in [5.74, 6) is 0.108. The summed E-state index contributed by atoms with van der Waals surface area (Å²) in [6, 6.07) is 22.3. The van der Waals surface area contributed by atoms with E-state index in [1.807, 2.05) is 48.2 Å². The lowest BCUT2D eigenvalue weighted by molar-refractivity contribution is -0.119. The van der Waals surface area contributed by atoms with Crippen molar-refractivity contribution in [1.29, 1.82) is 0 Å². The fourth-order valence-electron chi connectivity index (χ4n) is 3.24. The minimum atomic E-state index is -0.208. The first kappa shape index (κ1) is 13.8. The van der Waals surface area contributed by atoms with Gasteiger partial charge in [0.2, 0.25) is 5.91 Å². The zero-order valence-electron chi connectivity index (χ0n) is 13.0. The molecule has 0 aromatic heterocycles. The maximum Gasteiger partial charge on any atom is 0.249 e. The van der Waals surface area contributed by atoms with Crippen molar-refractivity contribution in [3.63, 3.8) is 0 Å². The van der Waals surface area contributed by atoms with Gasteiger partial charge in [-0.15, -0.1) is 0 Å². The van der Waals surface area contributed by atoms with E-state index < -0.39 is 0 Å². The molecule has 0 radical (unpaired) electrons. The highest BCUT2D eigenvalue weighted by atomic mass is 16.2. The van der Waals surface area contributed by atoms with E-state index in [4.69, 9.17) is 0 Å². The molecule has 0 aliphatic carbocycles. The van der Waals surface area contributed by atoms with E-state index in [0.29, 0.717) is 6.54 Å². The molecule has 4 rings (SSSR count). The minimum Gasteiger partial charge on any atom is -0.372 e. The average molecular weight is 302 g/mol. The number of benzene rings is 3. The molecule has 23 heavy (non-hydrogen) atoms. The van der Waals surface area contributed by atoms with Crippen molar-refractivity contribution in [2.24, 2.45) is 0 Å². The summed E-state index contributed by atoms with van der Waals surface area (Å²) in [7, 11) is 0. The zero-order valence-corrected chi connectivity index (χ0v) is 13.0. The molecular weight excluding hydrogens is 284 g/mol. The van der Waals surface area contributed by atoms with E-state index in [1.165, 1.54) is 16.3 Å². The Balaban J connectivity index is 1.79. The Kier molecular flexibility index (Phi) is 3.27. The van der Waals surface area contributed by atoms with Crippen molar-refractivity contribution in [3.8, 4) is 0 Å². The van der Waals surface area contributed by atoms with Crippen molar-refractivity contribution in [2.75, 3.05) is 10.2 Å². The summed E-state index contributed by atoms with van der Waals surface area (Å²) >= 11 is 0. The van der Waals surface area contributed by atoms with E-state index in [0.717, 1.165) is 11.4 Å². The molecule has 3 heteroatoms. The highest BCUT2D eigenvalue weighted by Crippen LogP contribution is 2.33. The summed E-state index contributed by atoms with van der Waals surface area (Å²) in [6.07, 6.45) is 0. The maximum atomic E-state index is 12.7. The summed E-state index contributed by atoms with van der Waals surface area (Å²) < 4.78 is 0. The lowest BCUT2D eigenvalue weighted by Crippen LogP contribution is -2.45. The SMILES string of the molecule is CC1Nc2ccccc2N(Cc2cccc3ccccc23)C1=O. The number of hydrogen-bond acceptors (Lipinski definition) is 2. The monoisotopic (exact) mass is 302 g/mol.